The molecule has 0 saturated carbocycles. The van der Waals surface area contributed by atoms with Gasteiger partial charge in [0.2, 0.25) is 5.91 Å². The molecule has 0 radical (unpaired) electrons. The molecule has 0 bridgehead atoms. The van der Waals surface area contributed by atoms with Gasteiger partial charge in [-0.1, -0.05) is 12.5 Å². The lowest BCUT2D eigenvalue weighted by atomic mass is 9.84. The van der Waals surface area contributed by atoms with Crippen molar-refractivity contribution in [1.29, 1.82) is 0 Å². The second-order valence-corrected chi connectivity index (χ2v) is 8.98. The number of likely N-dealkylation sites (tertiary alicyclic amines) is 1. The summed E-state index contributed by atoms with van der Waals surface area (Å²) in [6, 6.07) is 3.36. The summed E-state index contributed by atoms with van der Waals surface area (Å²) in [5.41, 5.74) is 1.22. The number of aromatic nitrogens is 1. The maximum Gasteiger partial charge on any atom is 0.331 e. The number of amides is 1. The minimum Gasteiger partial charge on any atom is -0.464 e. The number of pyridine rings is 1. The molecule has 0 aliphatic carbocycles. The number of rotatable bonds is 10. The first-order valence-corrected chi connectivity index (χ1v) is 12.0. The third-order valence-electron chi connectivity index (χ3n) is 6.49. The highest BCUT2D eigenvalue weighted by Gasteiger charge is 2.45. The number of aliphatic hydroxyl groups is 1. The number of esters is 1. The van der Waals surface area contributed by atoms with E-state index in [9.17, 15) is 14.7 Å². The van der Waals surface area contributed by atoms with Gasteiger partial charge in [-0.05, 0) is 70.0 Å². The summed E-state index contributed by atoms with van der Waals surface area (Å²) in [4.78, 5) is 30.9. The monoisotopic (exact) mass is 446 g/mol. The van der Waals surface area contributed by atoms with E-state index >= 15 is 0 Å². The second kappa shape index (κ2) is 11.6. The zero-order valence-electron chi connectivity index (χ0n) is 19.5. The highest BCUT2D eigenvalue weighted by molar-refractivity contribution is 5.84. The third-order valence-corrected chi connectivity index (χ3v) is 6.49. The van der Waals surface area contributed by atoms with E-state index in [0.29, 0.717) is 25.9 Å². The molecule has 1 saturated heterocycles. The standard InChI is InChI=1S/C24H38N4O4/c1-3-32-23(30)21(26-18(2)29)24(31)12-16-28(17-13-24)15-6-4-5-9-20-11-10-19-8-7-14-25-22(19)27-20/h10-11,21,31H,3-9,12-17H2,1-2H3,(H,25,27)(H,26,29). The van der Waals surface area contributed by atoms with E-state index in [2.05, 4.69) is 27.7 Å². The fourth-order valence-electron chi connectivity index (χ4n) is 4.62. The number of ether oxygens (including phenoxy) is 1. The van der Waals surface area contributed by atoms with Crippen molar-refractivity contribution in [1.82, 2.24) is 15.2 Å². The van der Waals surface area contributed by atoms with Crippen LogP contribution in [0.3, 0.4) is 0 Å². The summed E-state index contributed by atoms with van der Waals surface area (Å²) in [6.45, 7) is 6.66. The molecule has 1 atom stereocenters. The van der Waals surface area contributed by atoms with E-state index in [1.165, 1.54) is 18.9 Å². The van der Waals surface area contributed by atoms with Gasteiger partial charge in [-0.3, -0.25) is 4.79 Å². The van der Waals surface area contributed by atoms with Gasteiger partial charge in [-0.25, -0.2) is 9.78 Å². The maximum absolute atomic E-state index is 12.3. The van der Waals surface area contributed by atoms with Crippen LogP contribution in [-0.2, 0) is 27.2 Å². The van der Waals surface area contributed by atoms with Crippen LogP contribution in [0.4, 0.5) is 5.82 Å². The summed E-state index contributed by atoms with van der Waals surface area (Å²) in [6.07, 6.45) is 7.48. The van der Waals surface area contributed by atoms with Crippen molar-refractivity contribution in [2.24, 2.45) is 0 Å². The second-order valence-electron chi connectivity index (χ2n) is 8.98. The van der Waals surface area contributed by atoms with Crippen molar-refractivity contribution in [3.8, 4) is 0 Å². The van der Waals surface area contributed by atoms with Crippen molar-refractivity contribution in [2.45, 2.75) is 76.9 Å². The fraction of sp³-hybridized carbons (Fsp3) is 0.708. The first-order valence-electron chi connectivity index (χ1n) is 12.0. The number of hydrogen-bond donors (Lipinski definition) is 3. The van der Waals surface area contributed by atoms with Crippen LogP contribution in [0.25, 0.3) is 0 Å². The molecule has 178 valence electrons. The van der Waals surface area contributed by atoms with E-state index < -0.39 is 17.6 Å². The van der Waals surface area contributed by atoms with Crippen LogP contribution in [0.15, 0.2) is 12.1 Å². The van der Waals surface area contributed by atoms with Gasteiger partial charge in [0, 0.05) is 32.3 Å². The van der Waals surface area contributed by atoms with Gasteiger partial charge in [0.25, 0.3) is 0 Å². The first kappa shape index (κ1) is 24.5. The Kier molecular flexibility index (Phi) is 8.87. The molecule has 3 rings (SSSR count). The summed E-state index contributed by atoms with van der Waals surface area (Å²) >= 11 is 0. The molecule has 0 spiro atoms. The molecule has 1 aromatic heterocycles. The highest BCUT2D eigenvalue weighted by atomic mass is 16.5. The molecule has 32 heavy (non-hydrogen) atoms. The lowest BCUT2D eigenvalue weighted by molar-refractivity contribution is -0.158. The van der Waals surface area contributed by atoms with Crippen LogP contribution < -0.4 is 10.6 Å². The van der Waals surface area contributed by atoms with Gasteiger partial charge in [0.15, 0.2) is 6.04 Å². The summed E-state index contributed by atoms with van der Waals surface area (Å²) in [7, 11) is 0. The van der Waals surface area contributed by atoms with Gasteiger partial charge in [-0.15, -0.1) is 0 Å². The van der Waals surface area contributed by atoms with Crippen molar-refractivity contribution in [2.75, 3.05) is 38.1 Å². The SMILES string of the molecule is CCOC(=O)C(NC(C)=O)C1(O)CCN(CCCCCc2ccc3c(n2)NCCC3)CC1. The summed E-state index contributed by atoms with van der Waals surface area (Å²) in [5.74, 6) is 0.155. The van der Waals surface area contributed by atoms with E-state index in [-0.39, 0.29) is 12.5 Å². The maximum atomic E-state index is 12.3. The largest absolute Gasteiger partial charge is 0.464 e. The van der Waals surface area contributed by atoms with Crippen molar-refractivity contribution >= 4 is 17.7 Å². The lowest BCUT2D eigenvalue weighted by Gasteiger charge is -2.41. The lowest BCUT2D eigenvalue weighted by Crippen LogP contribution is -2.61. The molecule has 1 amide bonds. The Labute approximate surface area is 191 Å². The fourth-order valence-corrected chi connectivity index (χ4v) is 4.62. The molecule has 8 nitrogen and oxygen atoms in total. The molecule has 1 unspecified atom stereocenters. The van der Waals surface area contributed by atoms with Crippen LogP contribution in [0, 0.1) is 0 Å². The van der Waals surface area contributed by atoms with Crippen LogP contribution in [0.5, 0.6) is 0 Å². The van der Waals surface area contributed by atoms with E-state index in [1.54, 1.807) is 6.92 Å². The third kappa shape index (κ3) is 6.65. The molecule has 8 heteroatoms. The molecule has 3 heterocycles. The van der Waals surface area contributed by atoms with Crippen LogP contribution >= 0.6 is 0 Å². The van der Waals surface area contributed by atoms with Gasteiger partial charge in [-0.2, -0.15) is 0 Å². The average Bonchev–Trinajstić information content (AvgIpc) is 2.78. The zero-order valence-corrected chi connectivity index (χ0v) is 19.5. The van der Waals surface area contributed by atoms with E-state index in [1.807, 2.05) is 0 Å². The minimum atomic E-state index is -1.26. The molecule has 1 aromatic rings. The minimum absolute atomic E-state index is 0.217. The smallest absolute Gasteiger partial charge is 0.331 e. The molecule has 3 N–H and O–H groups in total. The Morgan fingerprint density at radius 1 is 1.28 bits per heavy atom. The van der Waals surface area contributed by atoms with Crippen molar-refractivity contribution in [3.05, 3.63) is 23.4 Å². The molecule has 1 fully saturated rings. The van der Waals surface area contributed by atoms with Crippen LogP contribution in [0.2, 0.25) is 0 Å². The van der Waals surface area contributed by atoms with E-state index in [0.717, 1.165) is 56.7 Å². The Morgan fingerprint density at radius 2 is 2.06 bits per heavy atom. The van der Waals surface area contributed by atoms with Crippen LogP contribution in [-0.4, -0.2) is 71.3 Å². The number of anilines is 1. The van der Waals surface area contributed by atoms with Crippen LogP contribution in [0.1, 0.15) is 63.6 Å². The normalized spacial score (nSPS) is 18.8. The molecule has 2 aliphatic rings. The predicted octanol–water partition coefficient (Wildman–Crippen LogP) is 2.05. The number of hydrogen-bond acceptors (Lipinski definition) is 7. The predicted molar refractivity (Wildman–Crippen MR) is 123 cm³/mol. The number of carbonyl (C=O) groups excluding carboxylic acids is 2. The Hall–Kier alpha value is -2.19. The number of fused-ring (bicyclic) bond motifs is 1. The van der Waals surface area contributed by atoms with Crippen molar-refractivity contribution < 1.29 is 19.4 Å². The number of piperidine rings is 1. The van der Waals surface area contributed by atoms with Gasteiger partial charge < -0.3 is 25.4 Å². The highest BCUT2D eigenvalue weighted by Crippen LogP contribution is 2.27. The Balaban J connectivity index is 1.38. The zero-order chi connectivity index (χ0) is 23.0. The number of nitrogens with one attached hydrogen (secondary N) is 2. The Bertz CT molecular complexity index is 777. The molecule has 0 aromatic carbocycles. The van der Waals surface area contributed by atoms with Crippen molar-refractivity contribution in [3.63, 3.8) is 0 Å². The number of nitrogens with zero attached hydrogens (tertiary/aromatic N) is 2. The quantitative estimate of drug-likeness (QED) is 0.373. The number of aryl methyl sites for hydroxylation is 2. The Morgan fingerprint density at radius 3 is 2.78 bits per heavy atom. The molecule has 2 aliphatic heterocycles. The summed E-state index contributed by atoms with van der Waals surface area (Å²) in [5, 5.41) is 17.0. The van der Waals surface area contributed by atoms with Gasteiger partial charge in [0.05, 0.1) is 12.2 Å². The number of carbonyl (C=O) groups is 2. The first-order chi connectivity index (χ1) is 15.4. The van der Waals surface area contributed by atoms with Gasteiger partial charge in [0.1, 0.15) is 5.82 Å². The molecular formula is C24H38N4O4. The number of unbranched alkanes of at least 4 members (excludes halogenated alkanes) is 2. The topological polar surface area (TPSA) is 104 Å². The van der Waals surface area contributed by atoms with E-state index in [4.69, 9.17) is 9.72 Å². The van der Waals surface area contributed by atoms with Gasteiger partial charge >= 0.3 is 5.97 Å². The summed E-state index contributed by atoms with van der Waals surface area (Å²) < 4.78 is 5.07. The average molecular weight is 447 g/mol. The molecular weight excluding hydrogens is 408 g/mol.